The molecule has 104 valence electrons. The molecular formula is C17H31N. The number of fused-ring (bicyclic) bond motifs is 2. The fourth-order valence-corrected chi connectivity index (χ4v) is 5.12. The Morgan fingerprint density at radius 2 is 1.89 bits per heavy atom. The highest BCUT2D eigenvalue weighted by molar-refractivity contribution is 4.93. The first-order valence-electron chi connectivity index (χ1n) is 8.60. The van der Waals surface area contributed by atoms with Crippen molar-refractivity contribution in [2.24, 2.45) is 23.7 Å². The van der Waals surface area contributed by atoms with Crippen LogP contribution in [0.2, 0.25) is 0 Å². The summed E-state index contributed by atoms with van der Waals surface area (Å²) in [5.41, 5.74) is 0. The molecule has 3 saturated carbocycles. The molecule has 0 spiro atoms. The molecule has 2 bridgehead atoms. The molecule has 0 aromatic rings. The second-order valence-corrected chi connectivity index (χ2v) is 7.28. The minimum Gasteiger partial charge on any atom is -0.314 e. The minimum atomic E-state index is 0.858. The highest BCUT2D eigenvalue weighted by atomic mass is 14.9. The van der Waals surface area contributed by atoms with Crippen LogP contribution in [-0.2, 0) is 0 Å². The standard InChI is InChI=1S/C17H31N/c1-2-9-18-17(14-5-3-4-6-14)12-16-11-13-7-8-15(16)10-13/h13-18H,2-12H2,1H3. The molecule has 0 saturated heterocycles. The van der Waals surface area contributed by atoms with E-state index in [0.717, 1.165) is 29.7 Å². The molecule has 0 radical (unpaired) electrons. The maximum atomic E-state index is 3.90. The number of hydrogen-bond acceptors (Lipinski definition) is 1. The third-order valence-corrected chi connectivity index (χ3v) is 6.07. The first kappa shape index (κ1) is 13.0. The molecule has 0 amide bonds. The zero-order valence-corrected chi connectivity index (χ0v) is 12.2. The topological polar surface area (TPSA) is 12.0 Å². The fraction of sp³-hybridized carbons (Fsp3) is 1.00. The lowest BCUT2D eigenvalue weighted by Crippen LogP contribution is -2.38. The van der Waals surface area contributed by atoms with E-state index >= 15 is 0 Å². The lowest BCUT2D eigenvalue weighted by atomic mass is 9.80. The van der Waals surface area contributed by atoms with Crippen LogP contribution in [0.1, 0.15) is 71.1 Å². The van der Waals surface area contributed by atoms with Crippen molar-refractivity contribution in [3.63, 3.8) is 0 Å². The smallest absolute Gasteiger partial charge is 0.00980 e. The molecule has 0 heterocycles. The normalized spacial score (nSPS) is 37.5. The summed E-state index contributed by atoms with van der Waals surface area (Å²) in [6.45, 7) is 3.54. The Balaban J connectivity index is 1.54. The van der Waals surface area contributed by atoms with Gasteiger partial charge in [0.2, 0.25) is 0 Å². The van der Waals surface area contributed by atoms with Gasteiger partial charge in [0.25, 0.3) is 0 Å². The van der Waals surface area contributed by atoms with Gasteiger partial charge in [-0.1, -0.05) is 26.2 Å². The molecule has 3 fully saturated rings. The number of nitrogens with one attached hydrogen (secondary N) is 1. The van der Waals surface area contributed by atoms with E-state index in [0.29, 0.717) is 0 Å². The third kappa shape index (κ3) is 2.76. The van der Waals surface area contributed by atoms with Gasteiger partial charge in [-0.05, 0) is 75.2 Å². The van der Waals surface area contributed by atoms with Crippen LogP contribution < -0.4 is 5.32 Å². The van der Waals surface area contributed by atoms with E-state index < -0.39 is 0 Å². The Labute approximate surface area is 113 Å². The van der Waals surface area contributed by atoms with E-state index in [9.17, 15) is 0 Å². The summed E-state index contributed by atoms with van der Waals surface area (Å²) >= 11 is 0. The van der Waals surface area contributed by atoms with Gasteiger partial charge in [-0.15, -0.1) is 0 Å². The van der Waals surface area contributed by atoms with Crippen molar-refractivity contribution in [3.05, 3.63) is 0 Å². The minimum absolute atomic E-state index is 0.858. The van der Waals surface area contributed by atoms with E-state index in [1.165, 1.54) is 45.1 Å². The molecule has 3 aliphatic rings. The maximum absolute atomic E-state index is 3.90. The van der Waals surface area contributed by atoms with Gasteiger partial charge in [-0.2, -0.15) is 0 Å². The zero-order chi connectivity index (χ0) is 12.4. The molecule has 1 N–H and O–H groups in total. The first-order valence-corrected chi connectivity index (χ1v) is 8.60. The summed E-state index contributed by atoms with van der Waals surface area (Å²) in [7, 11) is 0. The van der Waals surface area contributed by atoms with Crippen LogP contribution >= 0.6 is 0 Å². The van der Waals surface area contributed by atoms with E-state index in [2.05, 4.69) is 12.2 Å². The molecule has 1 heteroatoms. The summed E-state index contributed by atoms with van der Waals surface area (Å²) in [4.78, 5) is 0. The molecule has 0 aromatic heterocycles. The van der Waals surface area contributed by atoms with Crippen molar-refractivity contribution in [3.8, 4) is 0 Å². The van der Waals surface area contributed by atoms with E-state index in [4.69, 9.17) is 0 Å². The highest BCUT2D eigenvalue weighted by Crippen LogP contribution is 2.50. The van der Waals surface area contributed by atoms with Gasteiger partial charge in [-0.3, -0.25) is 0 Å². The van der Waals surface area contributed by atoms with Gasteiger partial charge < -0.3 is 5.32 Å². The van der Waals surface area contributed by atoms with Crippen molar-refractivity contribution in [2.75, 3.05) is 6.54 Å². The van der Waals surface area contributed by atoms with Gasteiger partial charge in [0.1, 0.15) is 0 Å². The maximum Gasteiger partial charge on any atom is 0.00980 e. The second-order valence-electron chi connectivity index (χ2n) is 7.28. The lowest BCUT2D eigenvalue weighted by molar-refractivity contribution is 0.237. The van der Waals surface area contributed by atoms with Crippen molar-refractivity contribution < 1.29 is 0 Å². The van der Waals surface area contributed by atoms with Crippen molar-refractivity contribution >= 4 is 0 Å². The molecule has 3 rings (SSSR count). The Hall–Kier alpha value is -0.0400. The fourth-order valence-electron chi connectivity index (χ4n) is 5.12. The summed E-state index contributed by atoms with van der Waals surface area (Å²) in [6, 6.07) is 0.858. The number of rotatable bonds is 6. The summed E-state index contributed by atoms with van der Waals surface area (Å²) < 4.78 is 0. The molecule has 18 heavy (non-hydrogen) atoms. The first-order chi connectivity index (χ1) is 8.86. The average Bonchev–Trinajstić information content (AvgIpc) is 3.09. The van der Waals surface area contributed by atoms with Crippen LogP contribution in [0.4, 0.5) is 0 Å². The summed E-state index contributed by atoms with van der Waals surface area (Å²) in [6.07, 6.45) is 15.0. The molecule has 0 aromatic carbocycles. The Kier molecular flexibility index (Phi) is 4.28. The van der Waals surface area contributed by atoms with Gasteiger partial charge in [0.05, 0.1) is 0 Å². The van der Waals surface area contributed by atoms with Crippen LogP contribution in [0.15, 0.2) is 0 Å². The Bertz CT molecular complexity index is 256. The average molecular weight is 249 g/mol. The van der Waals surface area contributed by atoms with Crippen molar-refractivity contribution in [1.29, 1.82) is 0 Å². The Morgan fingerprint density at radius 3 is 2.50 bits per heavy atom. The molecule has 4 atom stereocenters. The molecule has 4 unspecified atom stereocenters. The van der Waals surface area contributed by atoms with Crippen molar-refractivity contribution in [1.82, 2.24) is 5.32 Å². The molecular weight excluding hydrogens is 218 g/mol. The zero-order valence-electron chi connectivity index (χ0n) is 12.2. The van der Waals surface area contributed by atoms with Gasteiger partial charge in [0.15, 0.2) is 0 Å². The highest BCUT2D eigenvalue weighted by Gasteiger charge is 2.41. The predicted molar refractivity (Wildman–Crippen MR) is 77.6 cm³/mol. The van der Waals surface area contributed by atoms with Crippen molar-refractivity contribution in [2.45, 2.75) is 77.2 Å². The van der Waals surface area contributed by atoms with E-state index in [-0.39, 0.29) is 0 Å². The van der Waals surface area contributed by atoms with Crippen LogP contribution in [0.5, 0.6) is 0 Å². The lowest BCUT2D eigenvalue weighted by Gasteiger charge is -2.31. The van der Waals surface area contributed by atoms with Crippen LogP contribution in [0.25, 0.3) is 0 Å². The van der Waals surface area contributed by atoms with Gasteiger partial charge >= 0.3 is 0 Å². The van der Waals surface area contributed by atoms with E-state index in [1.807, 2.05) is 0 Å². The largest absolute Gasteiger partial charge is 0.314 e. The third-order valence-electron chi connectivity index (χ3n) is 6.07. The summed E-state index contributed by atoms with van der Waals surface area (Å²) in [5, 5.41) is 3.90. The molecule has 0 aliphatic heterocycles. The monoisotopic (exact) mass is 249 g/mol. The molecule has 1 nitrogen and oxygen atoms in total. The predicted octanol–water partition coefficient (Wildman–Crippen LogP) is 4.37. The van der Waals surface area contributed by atoms with E-state index in [1.54, 1.807) is 25.7 Å². The van der Waals surface area contributed by atoms with Crippen LogP contribution in [0.3, 0.4) is 0 Å². The summed E-state index contributed by atoms with van der Waals surface area (Å²) in [5.74, 6) is 4.33. The SMILES string of the molecule is CCCNC(CC1CC2CCC1C2)C1CCCC1. The quantitative estimate of drug-likeness (QED) is 0.737. The van der Waals surface area contributed by atoms with Crippen LogP contribution in [0, 0.1) is 23.7 Å². The second kappa shape index (κ2) is 5.94. The molecule has 3 aliphatic carbocycles. The van der Waals surface area contributed by atoms with Gasteiger partial charge in [0, 0.05) is 6.04 Å². The number of hydrogen-bond donors (Lipinski definition) is 1. The Morgan fingerprint density at radius 1 is 1.06 bits per heavy atom. The van der Waals surface area contributed by atoms with Crippen LogP contribution in [-0.4, -0.2) is 12.6 Å². The van der Waals surface area contributed by atoms with Gasteiger partial charge in [-0.25, -0.2) is 0 Å².